The third kappa shape index (κ3) is 5.35. The number of hydrogen-bond donors (Lipinski definition) is 2. The van der Waals surface area contributed by atoms with Crippen LogP contribution in [0.1, 0.15) is 52.9 Å². The number of hydrogen-bond acceptors (Lipinski definition) is 3. The summed E-state index contributed by atoms with van der Waals surface area (Å²) in [5.41, 5.74) is 6.20. The molecule has 4 heteroatoms. The Kier molecular flexibility index (Phi) is 6.67. The van der Waals surface area contributed by atoms with Gasteiger partial charge in [0.15, 0.2) is 0 Å². The van der Waals surface area contributed by atoms with Gasteiger partial charge in [-0.15, -0.1) is 0 Å². The fraction of sp³-hybridized carbons (Fsp3) is 0.933. The van der Waals surface area contributed by atoms with Crippen molar-refractivity contribution >= 4 is 17.7 Å². The monoisotopic (exact) mass is 286 g/mol. The predicted octanol–water partition coefficient (Wildman–Crippen LogP) is 2.79. The first-order valence-corrected chi connectivity index (χ1v) is 8.80. The van der Waals surface area contributed by atoms with E-state index in [1.807, 2.05) is 6.26 Å². The average molecular weight is 286 g/mol. The van der Waals surface area contributed by atoms with Crippen LogP contribution in [-0.4, -0.2) is 30.0 Å². The summed E-state index contributed by atoms with van der Waals surface area (Å²) in [6, 6.07) is -0.0448. The Hall–Kier alpha value is -0.220. The lowest BCUT2D eigenvalue weighted by molar-refractivity contribution is -0.124. The number of amides is 1. The largest absolute Gasteiger partial charge is 0.352 e. The maximum atomic E-state index is 12.1. The second-order valence-electron chi connectivity index (χ2n) is 6.76. The van der Waals surface area contributed by atoms with Gasteiger partial charge in [0.05, 0.1) is 6.04 Å². The van der Waals surface area contributed by atoms with E-state index >= 15 is 0 Å². The lowest BCUT2D eigenvalue weighted by Gasteiger charge is -2.41. The Balaban J connectivity index is 2.55. The number of carbonyl (C=O) groups excluding carboxylic acids is 1. The van der Waals surface area contributed by atoms with Crippen molar-refractivity contribution in [1.82, 2.24) is 5.32 Å². The van der Waals surface area contributed by atoms with Gasteiger partial charge >= 0.3 is 0 Å². The van der Waals surface area contributed by atoms with E-state index in [0.717, 1.165) is 18.6 Å². The number of nitrogens with two attached hydrogens (primary N) is 1. The SMILES string of the molecule is CSCC[C@@H](N)C(=O)NC1CCCCC1C(C)(C)C. The molecular formula is C15H30N2OS. The normalized spacial score (nSPS) is 25.9. The van der Waals surface area contributed by atoms with Crippen LogP contribution in [0, 0.1) is 11.3 Å². The molecule has 0 radical (unpaired) electrons. The highest BCUT2D eigenvalue weighted by Gasteiger charge is 2.35. The lowest BCUT2D eigenvalue weighted by Crippen LogP contribution is -2.51. The summed E-state index contributed by atoms with van der Waals surface area (Å²) in [6.07, 6.45) is 7.63. The van der Waals surface area contributed by atoms with E-state index in [4.69, 9.17) is 5.73 Å². The molecule has 1 saturated carbocycles. The molecule has 1 amide bonds. The van der Waals surface area contributed by atoms with Crippen molar-refractivity contribution in [2.24, 2.45) is 17.1 Å². The predicted molar refractivity (Wildman–Crippen MR) is 84.3 cm³/mol. The number of carbonyl (C=O) groups is 1. The van der Waals surface area contributed by atoms with Gasteiger partial charge in [0.25, 0.3) is 0 Å². The first-order chi connectivity index (χ1) is 8.86. The number of nitrogens with one attached hydrogen (secondary N) is 1. The van der Waals surface area contributed by atoms with Crippen molar-refractivity contribution in [3.05, 3.63) is 0 Å². The maximum Gasteiger partial charge on any atom is 0.237 e. The standard InChI is InChI=1S/C15H30N2OS/c1-15(2,3)11-7-5-6-8-13(11)17-14(18)12(16)9-10-19-4/h11-13H,5-10,16H2,1-4H3,(H,17,18)/t11?,12-,13?/m1/s1. The summed E-state index contributed by atoms with van der Waals surface area (Å²) >= 11 is 1.74. The summed E-state index contributed by atoms with van der Waals surface area (Å²) in [4.78, 5) is 12.1. The van der Waals surface area contributed by atoms with Crippen LogP contribution in [0.4, 0.5) is 0 Å². The molecule has 0 saturated heterocycles. The van der Waals surface area contributed by atoms with Crippen LogP contribution in [-0.2, 0) is 4.79 Å². The van der Waals surface area contributed by atoms with Gasteiger partial charge in [-0.2, -0.15) is 11.8 Å². The zero-order valence-corrected chi connectivity index (χ0v) is 13.7. The van der Waals surface area contributed by atoms with E-state index in [0.29, 0.717) is 12.0 Å². The molecule has 1 fully saturated rings. The summed E-state index contributed by atoms with van der Waals surface area (Å²) < 4.78 is 0. The van der Waals surface area contributed by atoms with Crippen LogP contribution in [0.3, 0.4) is 0 Å². The Morgan fingerprint density at radius 2 is 2.00 bits per heavy atom. The van der Waals surface area contributed by atoms with E-state index in [1.54, 1.807) is 11.8 Å². The van der Waals surface area contributed by atoms with Gasteiger partial charge < -0.3 is 11.1 Å². The minimum absolute atomic E-state index is 0.0372. The molecule has 3 N–H and O–H groups in total. The van der Waals surface area contributed by atoms with Crippen LogP contribution in [0.5, 0.6) is 0 Å². The molecule has 0 aromatic heterocycles. The molecule has 2 unspecified atom stereocenters. The number of thioether (sulfide) groups is 1. The zero-order valence-electron chi connectivity index (χ0n) is 12.9. The van der Waals surface area contributed by atoms with Gasteiger partial charge in [0, 0.05) is 6.04 Å². The zero-order chi connectivity index (χ0) is 14.5. The molecule has 112 valence electrons. The quantitative estimate of drug-likeness (QED) is 0.817. The second-order valence-corrected chi connectivity index (χ2v) is 7.75. The third-order valence-corrected chi connectivity index (χ3v) is 4.82. The third-order valence-electron chi connectivity index (χ3n) is 4.18. The summed E-state index contributed by atoms with van der Waals surface area (Å²) in [5, 5.41) is 3.21. The minimum Gasteiger partial charge on any atom is -0.352 e. The molecular weight excluding hydrogens is 256 g/mol. The van der Waals surface area contributed by atoms with Gasteiger partial charge in [0.1, 0.15) is 0 Å². The molecule has 0 aromatic carbocycles. The first kappa shape index (κ1) is 16.8. The highest BCUT2D eigenvalue weighted by Crippen LogP contribution is 2.37. The van der Waals surface area contributed by atoms with Crippen molar-refractivity contribution in [3.8, 4) is 0 Å². The Bertz CT molecular complexity index is 288. The molecule has 3 atom stereocenters. The van der Waals surface area contributed by atoms with Crippen molar-refractivity contribution in [2.75, 3.05) is 12.0 Å². The van der Waals surface area contributed by atoms with E-state index < -0.39 is 0 Å². The van der Waals surface area contributed by atoms with E-state index in [2.05, 4.69) is 26.1 Å². The van der Waals surface area contributed by atoms with Crippen molar-refractivity contribution in [3.63, 3.8) is 0 Å². The number of rotatable bonds is 5. The smallest absolute Gasteiger partial charge is 0.237 e. The molecule has 1 rings (SSSR count). The van der Waals surface area contributed by atoms with Gasteiger partial charge in [-0.1, -0.05) is 33.6 Å². The van der Waals surface area contributed by atoms with Crippen molar-refractivity contribution in [1.29, 1.82) is 0 Å². The van der Waals surface area contributed by atoms with Crippen molar-refractivity contribution < 1.29 is 4.79 Å². The Morgan fingerprint density at radius 3 is 2.58 bits per heavy atom. The maximum absolute atomic E-state index is 12.1. The fourth-order valence-electron chi connectivity index (χ4n) is 3.01. The van der Waals surface area contributed by atoms with Gasteiger partial charge in [-0.25, -0.2) is 0 Å². The molecule has 1 aliphatic carbocycles. The Labute approximate surface area is 122 Å². The molecule has 3 nitrogen and oxygen atoms in total. The van der Waals surface area contributed by atoms with Crippen LogP contribution in [0.15, 0.2) is 0 Å². The molecule has 19 heavy (non-hydrogen) atoms. The molecule has 1 aliphatic rings. The molecule has 0 aromatic rings. The van der Waals surface area contributed by atoms with E-state index in [1.165, 1.54) is 19.3 Å². The van der Waals surface area contributed by atoms with Crippen LogP contribution in [0.2, 0.25) is 0 Å². The minimum atomic E-state index is -0.352. The van der Waals surface area contributed by atoms with E-state index in [-0.39, 0.29) is 17.4 Å². The van der Waals surface area contributed by atoms with Crippen LogP contribution < -0.4 is 11.1 Å². The van der Waals surface area contributed by atoms with Gasteiger partial charge in [-0.05, 0) is 42.6 Å². The molecule has 0 spiro atoms. The summed E-state index contributed by atoms with van der Waals surface area (Å²) in [6.45, 7) is 6.82. The summed E-state index contributed by atoms with van der Waals surface area (Å²) in [5.74, 6) is 1.55. The lowest BCUT2D eigenvalue weighted by atomic mass is 9.69. The van der Waals surface area contributed by atoms with Crippen LogP contribution >= 0.6 is 11.8 Å². The molecule has 0 bridgehead atoms. The fourth-order valence-corrected chi connectivity index (χ4v) is 3.50. The highest BCUT2D eigenvalue weighted by molar-refractivity contribution is 7.98. The second kappa shape index (κ2) is 7.53. The molecule has 0 heterocycles. The van der Waals surface area contributed by atoms with Gasteiger partial charge in [0.2, 0.25) is 5.91 Å². The highest BCUT2D eigenvalue weighted by atomic mass is 32.2. The molecule has 0 aliphatic heterocycles. The summed E-state index contributed by atoms with van der Waals surface area (Å²) in [7, 11) is 0. The Morgan fingerprint density at radius 1 is 1.37 bits per heavy atom. The van der Waals surface area contributed by atoms with Crippen molar-refractivity contribution in [2.45, 2.75) is 65.0 Å². The van der Waals surface area contributed by atoms with E-state index in [9.17, 15) is 4.79 Å². The van der Waals surface area contributed by atoms with Crippen LogP contribution in [0.25, 0.3) is 0 Å². The van der Waals surface area contributed by atoms with Gasteiger partial charge in [-0.3, -0.25) is 4.79 Å². The first-order valence-electron chi connectivity index (χ1n) is 7.41. The average Bonchev–Trinajstić information content (AvgIpc) is 2.35. The topological polar surface area (TPSA) is 55.1 Å².